The topological polar surface area (TPSA) is 72.7 Å². The molecule has 1 aromatic heterocycles. The van der Waals surface area contributed by atoms with Crippen LogP contribution < -0.4 is 20.1 Å². The van der Waals surface area contributed by atoms with Gasteiger partial charge in [0.05, 0.1) is 20.8 Å². The number of nitrogens with zero attached hydrogens (tertiary/aromatic N) is 3. The highest BCUT2D eigenvalue weighted by Gasteiger charge is 2.09. The second-order valence-corrected chi connectivity index (χ2v) is 5.40. The standard InChI is InChI=1S/C18H27N5O2/c1-4-19-18(20-10-6-12-23-13-7-11-22-23)21-14-15-8-5-9-16(24-2)17(15)25-3/h5,7-9,11,13H,4,6,10,12,14H2,1-3H3,(H2,19,20,21). The molecule has 2 aromatic rings. The second-order valence-electron chi connectivity index (χ2n) is 5.40. The fraction of sp³-hybridized carbons (Fsp3) is 0.444. The minimum Gasteiger partial charge on any atom is -0.493 e. The number of hydrogen-bond acceptors (Lipinski definition) is 4. The van der Waals surface area contributed by atoms with Gasteiger partial charge in [0.25, 0.3) is 0 Å². The monoisotopic (exact) mass is 345 g/mol. The fourth-order valence-corrected chi connectivity index (χ4v) is 2.46. The molecule has 0 fully saturated rings. The Bertz CT molecular complexity index is 655. The fourth-order valence-electron chi connectivity index (χ4n) is 2.46. The minimum absolute atomic E-state index is 0.509. The summed E-state index contributed by atoms with van der Waals surface area (Å²) >= 11 is 0. The van der Waals surface area contributed by atoms with E-state index in [0.29, 0.717) is 12.3 Å². The third kappa shape index (κ3) is 5.70. The van der Waals surface area contributed by atoms with E-state index in [1.807, 2.05) is 42.1 Å². The smallest absolute Gasteiger partial charge is 0.191 e. The Morgan fingerprint density at radius 2 is 2.08 bits per heavy atom. The van der Waals surface area contributed by atoms with E-state index >= 15 is 0 Å². The second kappa shape index (κ2) is 10.2. The quantitative estimate of drug-likeness (QED) is 0.413. The van der Waals surface area contributed by atoms with Crippen LogP contribution in [-0.4, -0.2) is 43.0 Å². The molecule has 2 N–H and O–H groups in total. The van der Waals surface area contributed by atoms with Gasteiger partial charge in [-0.15, -0.1) is 0 Å². The zero-order chi connectivity index (χ0) is 17.9. The molecule has 0 atom stereocenters. The highest BCUT2D eigenvalue weighted by molar-refractivity contribution is 5.79. The van der Waals surface area contributed by atoms with Gasteiger partial charge in [0, 0.05) is 37.6 Å². The van der Waals surface area contributed by atoms with E-state index in [1.54, 1.807) is 20.4 Å². The lowest BCUT2D eigenvalue weighted by atomic mass is 10.2. The average molecular weight is 345 g/mol. The van der Waals surface area contributed by atoms with Crippen molar-refractivity contribution in [2.45, 2.75) is 26.4 Å². The third-order valence-corrected chi connectivity index (χ3v) is 3.65. The van der Waals surface area contributed by atoms with E-state index < -0.39 is 0 Å². The molecule has 1 heterocycles. The summed E-state index contributed by atoms with van der Waals surface area (Å²) in [6, 6.07) is 7.74. The van der Waals surface area contributed by atoms with Crippen molar-refractivity contribution in [1.29, 1.82) is 0 Å². The summed E-state index contributed by atoms with van der Waals surface area (Å²) in [5.41, 5.74) is 0.982. The van der Waals surface area contributed by atoms with E-state index in [-0.39, 0.29) is 0 Å². The van der Waals surface area contributed by atoms with Gasteiger partial charge in [-0.05, 0) is 25.5 Å². The van der Waals surface area contributed by atoms with Crippen LogP contribution in [0.1, 0.15) is 18.9 Å². The molecule has 1 aromatic carbocycles. The minimum atomic E-state index is 0.509. The number of para-hydroxylation sites is 1. The molecule has 0 unspecified atom stereocenters. The van der Waals surface area contributed by atoms with Crippen molar-refractivity contribution < 1.29 is 9.47 Å². The molecule has 7 heteroatoms. The SMILES string of the molecule is CCNC(=NCc1cccc(OC)c1OC)NCCCn1cccn1. The molecule has 0 saturated carbocycles. The first-order valence-corrected chi connectivity index (χ1v) is 8.48. The summed E-state index contributed by atoms with van der Waals surface area (Å²) in [5.74, 6) is 2.23. The van der Waals surface area contributed by atoms with E-state index in [2.05, 4.69) is 20.7 Å². The Kier molecular flexibility index (Phi) is 7.62. The summed E-state index contributed by atoms with van der Waals surface area (Å²) in [6.07, 6.45) is 4.73. The Hall–Kier alpha value is -2.70. The Morgan fingerprint density at radius 3 is 2.76 bits per heavy atom. The van der Waals surface area contributed by atoms with E-state index in [9.17, 15) is 0 Å². The van der Waals surface area contributed by atoms with Gasteiger partial charge in [-0.3, -0.25) is 4.68 Å². The molecule has 0 aliphatic heterocycles. The molecule has 0 radical (unpaired) electrons. The highest BCUT2D eigenvalue weighted by atomic mass is 16.5. The molecule has 0 aliphatic carbocycles. The predicted octanol–water partition coefficient (Wildman–Crippen LogP) is 2.05. The van der Waals surface area contributed by atoms with Crippen LogP contribution in [0.15, 0.2) is 41.7 Å². The van der Waals surface area contributed by atoms with Crippen molar-refractivity contribution in [2.75, 3.05) is 27.3 Å². The maximum absolute atomic E-state index is 5.45. The molecule has 7 nitrogen and oxygen atoms in total. The third-order valence-electron chi connectivity index (χ3n) is 3.65. The largest absolute Gasteiger partial charge is 0.493 e. The summed E-state index contributed by atoms with van der Waals surface area (Å²) in [6.45, 7) is 5.06. The van der Waals surface area contributed by atoms with Gasteiger partial charge in [-0.2, -0.15) is 5.10 Å². The van der Waals surface area contributed by atoms with E-state index in [0.717, 1.165) is 43.3 Å². The van der Waals surface area contributed by atoms with Crippen molar-refractivity contribution in [3.8, 4) is 11.5 Å². The zero-order valence-electron chi connectivity index (χ0n) is 15.2. The van der Waals surface area contributed by atoms with Crippen LogP contribution >= 0.6 is 0 Å². The Morgan fingerprint density at radius 1 is 1.20 bits per heavy atom. The van der Waals surface area contributed by atoms with Crippen LogP contribution in [0.5, 0.6) is 11.5 Å². The highest BCUT2D eigenvalue weighted by Crippen LogP contribution is 2.30. The molecule has 0 spiro atoms. The number of rotatable bonds is 9. The number of methoxy groups -OCH3 is 2. The lowest BCUT2D eigenvalue weighted by molar-refractivity contribution is 0.352. The lowest BCUT2D eigenvalue weighted by Gasteiger charge is -2.13. The number of hydrogen-bond donors (Lipinski definition) is 2. The number of ether oxygens (including phenoxy) is 2. The number of aliphatic imine (C=N–C) groups is 1. The first-order chi connectivity index (χ1) is 12.3. The van der Waals surface area contributed by atoms with E-state index in [1.165, 1.54) is 0 Å². The van der Waals surface area contributed by atoms with Gasteiger partial charge in [-0.25, -0.2) is 4.99 Å². The maximum Gasteiger partial charge on any atom is 0.191 e. The number of aromatic nitrogens is 2. The van der Waals surface area contributed by atoms with E-state index in [4.69, 9.17) is 9.47 Å². The number of aryl methyl sites for hydroxylation is 1. The predicted molar refractivity (Wildman–Crippen MR) is 99.2 cm³/mol. The average Bonchev–Trinajstić information content (AvgIpc) is 3.16. The summed E-state index contributed by atoms with van der Waals surface area (Å²) in [7, 11) is 3.28. The van der Waals surface area contributed by atoms with Crippen LogP contribution in [0.3, 0.4) is 0 Å². The van der Waals surface area contributed by atoms with Gasteiger partial charge in [-0.1, -0.05) is 12.1 Å². The summed E-state index contributed by atoms with van der Waals surface area (Å²) in [4.78, 5) is 4.64. The van der Waals surface area contributed by atoms with Gasteiger partial charge in [0.1, 0.15) is 0 Å². The van der Waals surface area contributed by atoms with Crippen LogP contribution in [0.4, 0.5) is 0 Å². The molecular weight excluding hydrogens is 318 g/mol. The maximum atomic E-state index is 5.45. The molecular formula is C18H27N5O2. The van der Waals surface area contributed by atoms with Crippen LogP contribution in [0.25, 0.3) is 0 Å². The normalized spacial score (nSPS) is 11.2. The molecule has 136 valence electrons. The molecule has 2 rings (SSSR count). The van der Waals surface area contributed by atoms with Gasteiger partial charge in [0.15, 0.2) is 17.5 Å². The van der Waals surface area contributed by atoms with Crippen molar-refractivity contribution in [3.05, 3.63) is 42.2 Å². The Balaban J connectivity index is 1.92. The van der Waals surface area contributed by atoms with Gasteiger partial charge in [0.2, 0.25) is 0 Å². The van der Waals surface area contributed by atoms with Crippen molar-refractivity contribution >= 4 is 5.96 Å². The summed E-state index contributed by atoms with van der Waals surface area (Å²) in [5, 5.41) is 10.8. The number of benzene rings is 1. The van der Waals surface area contributed by atoms with Crippen LogP contribution in [-0.2, 0) is 13.1 Å². The molecule has 0 saturated heterocycles. The number of guanidine groups is 1. The van der Waals surface area contributed by atoms with Crippen molar-refractivity contribution in [2.24, 2.45) is 4.99 Å². The first-order valence-electron chi connectivity index (χ1n) is 8.48. The van der Waals surface area contributed by atoms with Crippen LogP contribution in [0, 0.1) is 0 Å². The lowest BCUT2D eigenvalue weighted by Crippen LogP contribution is -2.38. The summed E-state index contributed by atoms with van der Waals surface area (Å²) < 4.78 is 12.7. The number of nitrogens with one attached hydrogen (secondary N) is 2. The first kappa shape index (κ1) is 18.6. The molecule has 0 aliphatic rings. The molecule has 0 bridgehead atoms. The molecule has 0 amide bonds. The van der Waals surface area contributed by atoms with Crippen LogP contribution in [0.2, 0.25) is 0 Å². The van der Waals surface area contributed by atoms with Crippen molar-refractivity contribution in [1.82, 2.24) is 20.4 Å². The van der Waals surface area contributed by atoms with Gasteiger partial charge < -0.3 is 20.1 Å². The van der Waals surface area contributed by atoms with Gasteiger partial charge >= 0.3 is 0 Å². The Labute approximate surface area is 149 Å². The van der Waals surface area contributed by atoms with Crippen molar-refractivity contribution in [3.63, 3.8) is 0 Å². The zero-order valence-corrected chi connectivity index (χ0v) is 15.2. The molecule has 25 heavy (non-hydrogen) atoms.